The van der Waals surface area contributed by atoms with Crippen LogP contribution in [0, 0.1) is 5.92 Å². The van der Waals surface area contributed by atoms with Crippen LogP contribution in [-0.4, -0.2) is 30.5 Å². The molecule has 118 valence electrons. The largest absolute Gasteiger partial charge is 0.444 e. The quantitative estimate of drug-likeness (QED) is 0.888. The van der Waals surface area contributed by atoms with Gasteiger partial charge in [-0.2, -0.15) is 0 Å². The third-order valence-electron chi connectivity index (χ3n) is 3.76. The Morgan fingerprint density at radius 2 is 2.18 bits per heavy atom. The summed E-state index contributed by atoms with van der Waals surface area (Å²) in [7, 11) is 0. The van der Waals surface area contributed by atoms with Crippen molar-refractivity contribution in [3.8, 4) is 11.5 Å². The van der Waals surface area contributed by atoms with Gasteiger partial charge in [0.1, 0.15) is 6.26 Å². The van der Waals surface area contributed by atoms with E-state index in [9.17, 15) is 4.79 Å². The number of rotatable bonds is 5. The zero-order chi connectivity index (χ0) is 14.5. The molecule has 1 amide bonds. The number of hydrogen-bond donors (Lipinski definition) is 2. The maximum Gasteiger partial charge on any atom is 0.273 e. The Morgan fingerprint density at radius 3 is 2.91 bits per heavy atom. The molecular weight excluding hydrogens is 302 g/mol. The van der Waals surface area contributed by atoms with Gasteiger partial charge in [-0.1, -0.05) is 18.2 Å². The summed E-state index contributed by atoms with van der Waals surface area (Å²) in [4.78, 5) is 16.3. The number of carbonyl (C=O) groups is 1. The molecule has 2 aromatic rings. The molecule has 1 fully saturated rings. The summed E-state index contributed by atoms with van der Waals surface area (Å²) in [5.41, 5.74) is 1.20. The van der Waals surface area contributed by atoms with E-state index < -0.39 is 0 Å². The van der Waals surface area contributed by atoms with Crippen molar-refractivity contribution in [2.75, 3.05) is 19.6 Å². The molecule has 1 unspecified atom stereocenters. The Morgan fingerprint density at radius 1 is 1.36 bits per heavy atom. The van der Waals surface area contributed by atoms with Crippen LogP contribution in [0.25, 0.3) is 11.5 Å². The van der Waals surface area contributed by atoms with Gasteiger partial charge < -0.3 is 15.1 Å². The minimum absolute atomic E-state index is 0. The lowest BCUT2D eigenvalue weighted by molar-refractivity contribution is 0.0946. The fraction of sp³-hybridized carbons (Fsp3) is 0.375. The molecule has 1 atom stereocenters. The van der Waals surface area contributed by atoms with Gasteiger partial charge in [0.25, 0.3) is 5.91 Å². The molecule has 1 aliphatic heterocycles. The van der Waals surface area contributed by atoms with E-state index in [1.54, 1.807) is 0 Å². The molecule has 2 heterocycles. The summed E-state index contributed by atoms with van der Waals surface area (Å²) in [5.74, 6) is 0.968. The predicted octanol–water partition coefficient (Wildman–Crippen LogP) is 2.49. The highest BCUT2D eigenvalue weighted by Crippen LogP contribution is 2.18. The lowest BCUT2D eigenvalue weighted by atomic mass is 10.1. The van der Waals surface area contributed by atoms with Crippen molar-refractivity contribution in [3.05, 3.63) is 42.3 Å². The summed E-state index contributed by atoms with van der Waals surface area (Å²) < 4.78 is 5.37. The van der Waals surface area contributed by atoms with E-state index in [1.807, 2.05) is 30.3 Å². The van der Waals surface area contributed by atoms with Crippen LogP contribution in [0.3, 0.4) is 0 Å². The summed E-state index contributed by atoms with van der Waals surface area (Å²) in [5, 5.41) is 6.23. The average Bonchev–Trinajstić information content (AvgIpc) is 3.20. The minimum atomic E-state index is -0.174. The fourth-order valence-corrected chi connectivity index (χ4v) is 2.53. The van der Waals surface area contributed by atoms with Gasteiger partial charge in [0, 0.05) is 12.1 Å². The van der Waals surface area contributed by atoms with Gasteiger partial charge in [-0.05, 0) is 44.0 Å². The number of nitrogens with zero attached hydrogens (tertiary/aromatic N) is 1. The second-order valence-electron chi connectivity index (χ2n) is 5.31. The first-order valence-corrected chi connectivity index (χ1v) is 7.33. The van der Waals surface area contributed by atoms with Gasteiger partial charge in [-0.3, -0.25) is 4.79 Å². The number of hydrogen-bond acceptors (Lipinski definition) is 4. The van der Waals surface area contributed by atoms with Crippen LogP contribution in [0.15, 0.2) is 41.0 Å². The molecule has 1 saturated heterocycles. The standard InChI is InChI=1S/C16H19N3O2.ClH/c20-15(18-9-7-12-6-8-17-10-12)14-11-21-16(19-14)13-4-2-1-3-5-13;/h1-5,11-12,17H,6-10H2,(H,18,20);1H. The Bertz CT molecular complexity index is 594. The molecule has 6 heteroatoms. The monoisotopic (exact) mass is 321 g/mol. The molecule has 0 spiro atoms. The SMILES string of the molecule is Cl.O=C(NCCC1CCNC1)c1coc(-c2ccccc2)n1. The summed E-state index contributed by atoms with van der Waals surface area (Å²) in [6.45, 7) is 2.82. The Labute approximate surface area is 135 Å². The number of oxazole rings is 1. The zero-order valence-corrected chi connectivity index (χ0v) is 13.1. The molecular formula is C16H20ClN3O2. The van der Waals surface area contributed by atoms with Crippen LogP contribution >= 0.6 is 12.4 Å². The maximum atomic E-state index is 12.0. The molecule has 0 radical (unpaired) electrons. The maximum absolute atomic E-state index is 12.0. The third-order valence-corrected chi connectivity index (χ3v) is 3.76. The van der Waals surface area contributed by atoms with Crippen molar-refractivity contribution >= 4 is 18.3 Å². The topological polar surface area (TPSA) is 67.2 Å². The predicted molar refractivity (Wildman–Crippen MR) is 87.1 cm³/mol. The summed E-state index contributed by atoms with van der Waals surface area (Å²) >= 11 is 0. The lowest BCUT2D eigenvalue weighted by Crippen LogP contribution is -2.26. The van der Waals surface area contributed by atoms with Crippen LogP contribution < -0.4 is 10.6 Å². The molecule has 0 saturated carbocycles. The van der Waals surface area contributed by atoms with Gasteiger partial charge in [-0.25, -0.2) is 4.98 Å². The number of amides is 1. The zero-order valence-electron chi connectivity index (χ0n) is 12.2. The first-order valence-electron chi connectivity index (χ1n) is 7.33. The summed E-state index contributed by atoms with van der Waals surface area (Å²) in [6, 6.07) is 9.56. The first kappa shape index (κ1) is 16.5. The number of benzene rings is 1. The lowest BCUT2D eigenvalue weighted by Gasteiger charge is -2.08. The van der Waals surface area contributed by atoms with Gasteiger partial charge >= 0.3 is 0 Å². The van der Waals surface area contributed by atoms with E-state index >= 15 is 0 Å². The number of nitrogens with one attached hydrogen (secondary N) is 2. The first-order chi connectivity index (χ1) is 10.3. The Hall–Kier alpha value is -1.85. The molecule has 5 nitrogen and oxygen atoms in total. The normalized spacial score (nSPS) is 17.0. The highest BCUT2D eigenvalue weighted by molar-refractivity contribution is 5.92. The molecule has 3 rings (SSSR count). The van der Waals surface area contributed by atoms with Crippen molar-refractivity contribution in [1.29, 1.82) is 0 Å². The van der Waals surface area contributed by atoms with Crippen molar-refractivity contribution in [3.63, 3.8) is 0 Å². The van der Waals surface area contributed by atoms with Gasteiger partial charge in [0.05, 0.1) is 0 Å². The molecule has 22 heavy (non-hydrogen) atoms. The number of carbonyl (C=O) groups excluding carboxylic acids is 1. The van der Waals surface area contributed by atoms with Crippen LogP contribution in [0.2, 0.25) is 0 Å². The molecule has 0 aliphatic carbocycles. The highest BCUT2D eigenvalue weighted by atomic mass is 35.5. The van der Waals surface area contributed by atoms with E-state index in [-0.39, 0.29) is 18.3 Å². The van der Waals surface area contributed by atoms with Crippen molar-refractivity contribution in [2.45, 2.75) is 12.8 Å². The fourth-order valence-electron chi connectivity index (χ4n) is 2.53. The molecule has 0 bridgehead atoms. The van der Waals surface area contributed by atoms with Crippen LogP contribution in [0.1, 0.15) is 23.3 Å². The van der Waals surface area contributed by atoms with E-state index in [0.29, 0.717) is 24.0 Å². The Kier molecular flexibility index (Phi) is 5.98. The van der Waals surface area contributed by atoms with E-state index in [1.165, 1.54) is 12.7 Å². The Balaban J connectivity index is 0.00000176. The van der Waals surface area contributed by atoms with E-state index in [2.05, 4.69) is 15.6 Å². The third kappa shape index (κ3) is 4.08. The van der Waals surface area contributed by atoms with Crippen molar-refractivity contribution < 1.29 is 9.21 Å². The second-order valence-corrected chi connectivity index (χ2v) is 5.31. The van der Waals surface area contributed by atoms with Gasteiger partial charge in [-0.15, -0.1) is 12.4 Å². The van der Waals surface area contributed by atoms with Crippen LogP contribution in [0.5, 0.6) is 0 Å². The number of halogens is 1. The molecule has 1 aromatic heterocycles. The van der Waals surface area contributed by atoms with E-state index in [4.69, 9.17) is 4.42 Å². The average molecular weight is 322 g/mol. The molecule has 2 N–H and O–H groups in total. The van der Waals surface area contributed by atoms with Crippen LogP contribution in [-0.2, 0) is 0 Å². The van der Waals surface area contributed by atoms with Gasteiger partial charge in [0.2, 0.25) is 5.89 Å². The smallest absolute Gasteiger partial charge is 0.273 e. The van der Waals surface area contributed by atoms with Crippen molar-refractivity contribution in [2.24, 2.45) is 5.92 Å². The molecule has 1 aliphatic rings. The van der Waals surface area contributed by atoms with Crippen molar-refractivity contribution in [1.82, 2.24) is 15.6 Å². The van der Waals surface area contributed by atoms with E-state index in [0.717, 1.165) is 25.1 Å². The number of aromatic nitrogens is 1. The molecule has 1 aromatic carbocycles. The highest BCUT2D eigenvalue weighted by Gasteiger charge is 2.16. The minimum Gasteiger partial charge on any atom is -0.444 e. The van der Waals surface area contributed by atoms with Crippen LogP contribution in [0.4, 0.5) is 0 Å². The summed E-state index contributed by atoms with van der Waals surface area (Å²) in [6.07, 6.45) is 3.61. The van der Waals surface area contributed by atoms with Gasteiger partial charge in [0.15, 0.2) is 5.69 Å². The second kappa shape index (κ2) is 7.96.